The number of carbonyl (C=O) groups is 2. The third-order valence-corrected chi connectivity index (χ3v) is 3.98. The van der Waals surface area contributed by atoms with Crippen LogP contribution in [0.5, 0.6) is 17.4 Å². The van der Waals surface area contributed by atoms with Gasteiger partial charge >= 0.3 is 6.03 Å². The first-order valence-corrected chi connectivity index (χ1v) is 7.97. The van der Waals surface area contributed by atoms with E-state index in [0.717, 1.165) is 10.5 Å². The fraction of sp³-hybridized carbons (Fsp3) is 0.278. The average molecular weight is 341 g/mol. The second-order valence-electron chi connectivity index (χ2n) is 5.65. The Hall–Kier alpha value is -3.09. The third-order valence-electron chi connectivity index (χ3n) is 3.98. The molecule has 7 heteroatoms. The van der Waals surface area contributed by atoms with Crippen molar-refractivity contribution in [1.82, 2.24) is 10.3 Å². The van der Waals surface area contributed by atoms with Crippen LogP contribution >= 0.6 is 0 Å². The van der Waals surface area contributed by atoms with E-state index in [0.29, 0.717) is 17.9 Å². The molecule has 0 radical (unpaired) electrons. The number of nitrogens with one attached hydrogen (secondary N) is 1. The summed E-state index contributed by atoms with van der Waals surface area (Å²) in [6.45, 7) is 3.74. The monoisotopic (exact) mass is 341 g/mol. The van der Waals surface area contributed by atoms with Crippen molar-refractivity contribution in [2.45, 2.75) is 26.3 Å². The zero-order chi connectivity index (χ0) is 18.0. The van der Waals surface area contributed by atoms with Crippen molar-refractivity contribution < 1.29 is 19.1 Å². The molecule has 0 unspecified atom stereocenters. The first kappa shape index (κ1) is 16.8. The predicted molar refractivity (Wildman–Crippen MR) is 92.1 cm³/mol. The van der Waals surface area contributed by atoms with E-state index in [1.807, 2.05) is 26.0 Å². The molecule has 130 valence electrons. The topological polar surface area (TPSA) is 80.8 Å². The molecule has 1 aliphatic rings. The number of pyridine rings is 1. The van der Waals surface area contributed by atoms with E-state index in [4.69, 9.17) is 9.47 Å². The molecule has 3 rings (SSSR count). The minimum atomic E-state index is -0.514. The molecule has 1 atom stereocenters. The summed E-state index contributed by atoms with van der Waals surface area (Å²) in [6.07, 6.45) is 0.528. The maximum atomic E-state index is 12.3. The van der Waals surface area contributed by atoms with E-state index in [2.05, 4.69) is 10.3 Å². The number of urea groups is 1. The highest BCUT2D eigenvalue weighted by Gasteiger charge is 2.38. The van der Waals surface area contributed by atoms with Gasteiger partial charge in [-0.1, -0.05) is 19.1 Å². The van der Waals surface area contributed by atoms with Crippen LogP contribution in [-0.4, -0.2) is 30.1 Å². The van der Waals surface area contributed by atoms with Crippen LogP contribution in [0, 0.1) is 6.92 Å². The summed E-state index contributed by atoms with van der Waals surface area (Å²) in [5.74, 6) is 1.46. The number of aromatic nitrogens is 1. The standard InChI is InChI=1S/C18H19N3O4/c1-4-13-17(22)21(18(23)19-13)15-6-5-7-16(20-15)25-14-10-12(24-3)9-8-11(14)2/h5-10,13H,4H2,1-3H3,(H,19,23)/t13-/m1/s1. The zero-order valence-corrected chi connectivity index (χ0v) is 14.3. The number of nitrogens with zero attached hydrogens (tertiary/aromatic N) is 2. The molecule has 0 aliphatic carbocycles. The molecule has 1 aromatic heterocycles. The van der Waals surface area contributed by atoms with E-state index in [9.17, 15) is 9.59 Å². The van der Waals surface area contributed by atoms with Gasteiger partial charge in [0.1, 0.15) is 23.4 Å². The average Bonchev–Trinajstić information content (AvgIpc) is 2.91. The van der Waals surface area contributed by atoms with Crippen LogP contribution in [0.3, 0.4) is 0 Å². The predicted octanol–water partition coefficient (Wildman–Crippen LogP) is 3.03. The molecule has 25 heavy (non-hydrogen) atoms. The highest BCUT2D eigenvalue weighted by molar-refractivity contribution is 6.20. The Morgan fingerprint density at radius 3 is 2.72 bits per heavy atom. The maximum Gasteiger partial charge on any atom is 0.330 e. The number of hydrogen-bond donors (Lipinski definition) is 1. The van der Waals surface area contributed by atoms with Gasteiger partial charge in [-0.25, -0.2) is 9.69 Å². The van der Waals surface area contributed by atoms with Gasteiger partial charge in [-0.05, 0) is 31.0 Å². The number of methoxy groups -OCH3 is 1. The molecular formula is C18H19N3O4. The smallest absolute Gasteiger partial charge is 0.330 e. The molecule has 0 saturated carbocycles. The first-order chi connectivity index (χ1) is 12.0. The summed E-state index contributed by atoms with van der Waals surface area (Å²) in [5.41, 5.74) is 0.911. The molecule has 0 spiro atoms. The van der Waals surface area contributed by atoms with E-state index >= 15 is 0 Å². The fourth-order valence-corrected chi connectivity index (χ4v) is 2.54. The lowest BCUT2D eigenvalue weighted by Crippen LogP contribution is -2.31. The Morgan fingerprint density at radius 1 is 1.24 bits per heavy atom. The van der Waals surface area contributed by atoms with Gasteiger partial charge in [0.2, 0.25) is 5.88 Å². The molecule has 7 nitrogen and oxygen atoms in total. The minimum absolute atomic E-state index is 0.233. The summed E-state index contributed by atoms with van der Waals surface area (Å²) in [4.78, 5) is 29.7. The Balaban J connectivity index is 1.88. The second-order valence-corrected chi connectivity index (χ2v) is 5.65. The molecule has 1 aliphatic heterocycles. The van der Waals surface area contributed by atoms with Crippen molar-refractivity contribution in [2.75, 3.05) is 12.0 Å². The van der Waals surface area contributed by atoms with Crippen LogP contribution in [0.25, 0.3) is 0 Å². The van der Waals surface area contributed by atoms with E-state index in [1.165, 1.54) is 0 Å². The van der Waals surface area contributed by atoms with Gasteiger partial charge < -0.3 is 14.8 Å². The molecular weight excluding hydrogens is 322 g/mol. The molecule has 2 aromatic rings. The minimum Gasteiger partial charge on any atom is -0.497 e. The number of carbonyl (C=O) groups excluding carboxylic acids is 2. The number of imide groups is 1. The van der Waals surface area contributed by atoms with Crippen LogP contribution < -0.4 is 19.7 Å². The van der Waals surface area contributed by atoms with Crippen LogP contribution in [0.2, 0.25) is 0 Å². The lowest BCUT2D eigenvalue weighted by Gasteiger charge is -2.14. The van der Waals surface area contributed by atoms with Crippen LogP contribution in [0.4, 0.5) is 10.6 Å². The molecule has 1 N–H and O–H groups in total. The van der Waals surface area contributed by atoms with E-state index < -0.39 is 12.1 Å². The van der Waals surface area contributed by atoms with Crippen molar-refractivity contribution in [3.8, 4) is 17.4 Å². The number of ether oxygens (including phenoxy) is 2. The molecule has 1 saturated heterocycles. The molecule has 0 bridgehead atoms. The fourth-order valence-electron chi connectivity index (χ4n) is 2.54. The van der Waals surface area contributed by atoms with Gasteiger partial charge in [0.05, 0.1) is 7.11 Å². The highest BCUT2D eigenvalue weighted by atomic mass is 16.5. The number of amides is 3. The van der Waals surface area contributed by atoms with Crippen molar-refractivity contribution in [2.24, 2.45) is 0 Å². The van der Waals surface area contributed by atoms with Crippen molar-refractivity contribution >= 4 is 17.8 Å². The van der Waals surface area contributed by atoms with Crippen LogP contribution in [0.15, 0.2) is 36.4 Å². The Bertz CT molecular complexity index is 822. The van der Waals surface area contributed by atoms with Crippen molar-refractivity contribution in [1.29, 1.82) is 0 Å². The third kappa shape index (κ3) is 3.26. The highest BCUT2D eigenvalue weighted by Crippen LogP contribution is 2.29. The molecule has 2 heterocycles. The first-order valence-electron chi connectivity index (χ1n) is 7.97. The molecule has 1 fully saturated rings. The number of rotatable bonds is 5. The van der Waals surface area contributed by atoms with Crippen LogP contribution in [0.1, 0.15) is 18.9 Å². The van der Waals surface area contributed by atoms with Crippen LogP contribution in [-0.2, 0) is 4.79 Å². The summed E-state index contributed by atoms with van der Waals surface area (Å²) in [6, 6.07) is 9.43. The number of anilines is 1. The van der Waals surface area contributed by atoms with Crippen molar-refractivity contribution in [3.63, 3.8) is 0 Å². The lowest BCUT2D eigenvalue weighted by atomic mass is 10.2. The van der Waals surface area contributed by atoms with E-state index in [-0.39, 0.29) is 17.6 Å². The lowest BCUT2D eigenvalue weighted by molar-refractivity contribution is -0.118. The largest absolute Gasteiger partial charge is 0.497 e. The Kier molecular flexibility index (Phi) is 4.56. The van der Waals surface area contributed by atoms with Gasteiger partial charge in [-0.15, -0.1) is 0 Å². The van der Waals surface area contributed by atoms with Crippen molar-refractivity contribution in [3.05, 3.63) is 42.0 Å². The summed E-state index contributed by atoms with van der Waals surface area (Å²) >= 11 is 0. The maximum absolute atomic E-state index is 12.3. The molecule has 3 amide bonds. The van der Waals surface area contributed by atoms with Gasteiger partial charge in [0.15, 0.2) is 0 Å². The van der Waals surface area contributed by atoms with Gasteiger partial charge in [-0.2, -0.15) is 4.98 Å². The summed E-state index contributed by atoms with van der Waals surface area (Å²) < 4.78 is 11.0. The Morgan fingerprint density at radius 2 is 2.04 bits per heavy atom. The zero-order valence-electron chi connectivity index (χ0n) is 14.3. The Labute approximate surface area is 145 Å². The van der Waals surface area contributed by atoms with Gasteiger partial charge in [0, 0.05) is 12.1 Å². The summed E-state index contributed by atoms with van der Waals surface area (Å²) in [7, 11) is 1.58. The SMILES string of the molecule is CC[C@H]1NC(=O)N(c2cccc(Oc3cc(OC)ccc3C)n2)C1=O. The van der Waals surface area contributed by atoms with E-state index in [1.54, 1.807) is 31.4 Å². The van der Waals surface area contributed by atoms with Gasteiger partial charge in [0.25, 0.3) is 5.91 Å². The number of benzene rings is 1. The van der Waals surface area contributed by atoms with Gasteiger partial charge in [-0.3, -0.25) is 4.79 Å². The summed E-state index contributed by atoms with van der Waals surface area (Å²) in [5, 5.41) is 2.64. The second kappa shape index (κ2) is 6.80. The number of aryl methyl sites for hydroxylation is 1. The normalized spacial score (nSPS) is 16.8. The quantitative estimate of drug-likeness (QED) is 0.846. The number of hydrogen-bond acceptors (Lipinski definition) is 5. The molecule has 1 aromatic carbocycles.